The first-order valence-electron chi connectivity index (χ1n) is 9.68. The topological polar surface area (TPSA) is 101 Å². The Morgan fingerprint density at radius 3 is 2.59 bits per heavy atom. The minimum atomic E-state index is -0.185. The summed E-state index contributed by atoms with van der Waals surface area (Å²) in [7, 11) is 0. The number of likely N-dealkylation sites (tertiary alicyclic amines) is 1. The van der Waals surface area contributed by atoms with Crippen LogP contribution in [0.5, 0.6) is 0 Å². The van der Waals surface area contributed by atoms with Gasteiger partial charge in [0.1, 0.15) is 5.39 Å². The smallest absolute Gasteiger partial charge is 0.263 e. The lowest BCUT2D eigenvalue weighted by molar-refractivity contribution is -0.135. The molecular formula is C18H27N7O2. The van der Waals surface area contributed by atoms with Crippen molar-refractivity contribution in [2.24, 2.45) is 11.8 Å². The van der Waals surface area contributed by atoms with Crippen LogP contribution in [0.25, 0.3) is 11.0 Å². The lowest BCUT2D eigenvalue weighted by Crippen LogP contribution is -2.52. The van der Waals surface area contributed by atoms with Gasteiger partial charge in [-0.1, -0.05) is 13.8 Å². The van der Waals surface area contributed by atoms with E-state index < -0.39 is 0 Å². The summed E-state index contributed by atoms with van der Waals surface area (Å²) in [5, 5.41) is 7.09. The first kappa shape index (κ1) is 18.0. The molecule has 9 heteroatoms. The standard InChI is InChI=1S/C18H27N7O2/c1-12-7-13(2)10-25(9-12)15(26)11-23-3-5-24(6-4-23)18-20-16-14(8-19-22-16)17(27)21-18/h8,12-13H,3-7,9-11H2,1-2H3,(H2,19,20,21,22,27). The normalized spacial score (nSPS) is 24.5. The van der Waals surface area contributed by atoms with Crippen molar-refractivity contribution in [3.8, 4) is 0 Å². The average Bonchev–Trinajstić information content (AvgIpc) is 3.11. The highest BCUT2D eigenvalue weighted by Crippen LogP contribution is 2.21. The molecule has 4 rings (SSSR count). The zero-order valence-corrected chi connectivity index (χ0v) is 15.9. The van der Waals surface area contributed by atoms with Crippen molar-refractivity contribution < 1.29 is 4.79 Å². The van der Waals surface area contributed by atoms with Gasteiger partial charge < -0.3 is 9.80 Å². The molecule has 2 aromatic heterocycles. The number of fused-ring (bicyclic) bond motifs is 1. The SMILES string of the molecule is CC1CC(C)CN(C(=O)CN2CCN(c3nc4[nH]ncc4c(=O)[nH]3)CC2)C1. The first-order chi connectivity index (χ1) is 13.0. The maximum Gasteiger partial charge on any atom is 0.263 e. The lowest BCUT2D eigenvalue weighted by atomic mass is 9.92. The number of carbonyl (C=O) groups is 1. The fourth-order valence-corrected chi connectivity index (χ4v) is 4.26. The summed E-state index contributed by atoms with van der Waals surface area (Å²) in [6, 6.07) is 0. The van der Waals surface area contributed by atoms with Crippen LogP contribution in [0.4, 0.5) is 5.95 Å². The van der Waals surface area contributed by atoms with Crippen LogP contribution in [0.2, 0.25) is 0 Å². The number of carbonyl (C=O) groups excluding carboxylic acids is 1. The number of piperidine rings is 1. The Balaban J connectivity index is 1.34. The van der Waals surface area contributed by atoms with Crippen molar-refractivity contribution >= 4 is 22.9 Å². The molecule has 4 heterocycles. The van der Waals surface area contributed by atoms with E-state index in [9.17, 15) is 9.59 Å². The predicted molar refractivity (Wildman–Crippen MR) is 103 cm³/mol. The van der Waals surface area contributed by atoms with Crippen molar-refractivity contribution in [1.29, 1.82) is 0 Å². The third-order valence-corrected chi connectivity index (χ3v) is 5.56. The van der Waals surface area contributed by atoms with Crippen LogP contribution < -0.4 is 10.5 Å². The second-order valence-corrected chi connectivity index (χ2v) is 8.03. The monoisotopic (exact) mass is 373 g/mol. The number of aromatic amines is 2. The molecule has 1 amide bonds. The van der Waals surface area contributed by atoms with Crippen LogP contribution >= 0.6 is 0 Å². The van der Waals surface area contributed by atoms with Crippen LogP contribution in [0.15, 0.2) is 11.0 Å². The summed E-state index contributed by atoms with van der Waals surface area (Å²) < 4.78 is 0. The minimum Gasteiger partial charge on any atom is -0.341 e. The number of hydrogen-bond acceptors (Lipinski definition) is 6. The van der Waals surface area contributed by atoms with Crippen LogP contribution in [0.3, 0.4) is 0 Å². The van der Waals surface area contributed by atoms with Gasteiger partial charge in [-0.2, -0.15) is 10.1 Å². The largest absolute Gasteiger partial charge is 0.341 e. The van der Waals surface area contributed by atoms with Gasteiger partial charge in [0.15, 0.2) is 5.65 Å². The third kappa shape index (κ3) is 3.83. The Morgan fingerprint density at radius 1 is 1.19 bits per heavy atom. The van der Waals surface area contributed by atoms with Crippen LogP contribution in [-0.4, -0.2) is 81.7 Å². The van der Waals surface area contributed by atoms with E-state index in [-0.39, 0.29) is 11.5 Å². The van der Waals surface area contributed by atoms with E-state index in [2.05, 4.69) is 38.9 Å². The van der Waals surface area contributed by atoms with Gasteiger partial charge in [-0.3, -0.25) is 24.6 Å². The highest BCUT2D eigenvalue weighted by atomic mass is 16.2. The van der Waals surface area contributed by atoms with E-state index in [1.807, 2.05) is 9.80 Å². The van der Waals surface area contributed by atoms with Gasteiger partial charge in [0, 0.05) is 39.3 Å². The second-order valence-electron chi connectivity index (χ2n) is 8.03. The predicted octanol–water partition coefficient (Wildman–Crippen LogP) is 0.273. The van der Waals surface area contributed by atoms with Gasteiger partial charge in [0.2, 0.25) is 11.9 Å². The van der Waals surface area contributed by atoms with Crippen molar-refractivity contribution in [1.82, 2.24) is 30.0 Å². The maximum atomic E-state index is 12.7. The average molecular weight is 373 g/mol. The van der Waals surface area contributed by atoms with Crippen molar-refractivity contribution in [2.45, 2.75) is 20.3 Å². The highest BCUT2D eigenvalue weighted by molar-refractivity contribution is 5.78. The molecule has 27 heavy (non-hydrogen) atoms. The zero-order chi connectivity index (χ0) is 19.0. The van der Waals surface area contributed by atoms with Gasteiger partial charge in [-0.25, -0.2) is 0 Å². The van der Waals surface area contributed by atoms with E-state index in [0.29, 0.717) is 35.4 Å². The summed E-state index contributed by atoms with van der Waals surface area (Å²) in [4.78, 5) is 38.3. The molecule has 0 aliphatic carbocycles. The Bertz CT molecular complexity index is 858. The number of hydrogen-bond donors (Lipinski definition) is 2. The minimum absolute atomic E-state index is 0.185. The quantitative estimate of drug-likeness (QED) is 0.801. The van der Waals surface area contributed by atoms with Gasteiger partial charge in [-0.05, 0) is 18.3 Å². The molecule has 2 N–H and O–H groups in total. The van der Waals surface area contributed by atoms with Gasteiger partial charge >= 0.3 is 0 Å². The number of nitrogens with zero attached hydrogens (tertiary/aromatic N) is 5. The van der Waals surface area contributed by atoms with Crippen molar-refractivity contribution in [3.63, 3.8) is 0 Å². The second kappa shape index (κ2) is 7.30. The van der Waals surface area contributed by atoms with E-state index in [0.717, 1.165) is 39.3 Å². The van der Waals surface area contributed by atoms with Crippen molar-refractivity contribution in [3.05, 3.63) is 16.6 Å². The Labute approximate surface area is 157 Å². The number of rotatable bonds is 3. The molecule has 0 radical (unpaired) electrons. The molecule has 0 saturated carbocycles. The number of H-pyrrole nitrogens is 2. The van der Waals surface area contributed by atoms with Crippen LogP contribution in [0.1, 0.15) is 20.3 Å². The first-order valence-corrected chi connectivity index (χ1v) is 9.68. The summed E-state index contributed by atoms with van der Waals surface area (Å²) in [5.74, 6) is 1.94. The maximum absolute atomic E-state index is 12.7. The summed E-state index contributed by atoms with van der Waals surface area (Å²) in [5.41, 5.74) is 0.314. The van der Waals surface area contributed by atoms with Crippen molar-refractivity contribution in [2.75, 3.05) is 50.7 Å². The molecule has 0 bridgehead atoms. The summed E-state index contributed by atoms with van der Waals surface area (Å²) >= 11 is 0. The molecule has 0 spiro atoms. The molecule has 9 nitrogen and oxygen atoms in total. The third-order valence-electron chi connectivity index (χ3n) is 5.56. The number of nitrogens with one attached hydrogen (secondary N) is 2. The number of amides is 1. The fraction of sp³-hybridized carbons (Fsp3) is 0.667. The van der Waals surface area contributed by atoms with E-state index >= 15 is 0 Å². The summed E-state index contributed by atoms with van der Waals surface area (Å²) in [6.45, 7) is 9.65. The van der Waals surface area contributed by atoms with Gasteiger partial charge in [0.05, 0.1) is 12.7 Å². The molecule has 2 fully saturated rings. The van der Waals surface area contributed by atoms with E-state index in [1.54, 1.807) is 0 Å². The Hall–Kier alpha value is -2.42. The molecule has 146 valence electrons. The highest BCUT2D eigenvalue weighted by Gasteiger charge is 2.28. The molecule has 2 aromatic rings. The summed E-state index contributed by atoms with van der Waals surface area (Å²) in [6.07, 6.45) is 2.69. The molecule has 2 unspecified atom stereocenters. The van der Waals surface area contributed by atoms with Gasteiger partial charge in [-0.15, -0.1) is 0 Å². The fourth-order valence-electron chi connectivity index (χ4n) is 4.26. The van der Waals surface area contributed by atoms with Crippen LogP contribution in [0, 0.1) is 11.8 Å². The van der Waals surface area contributed by atoms with Gasteiger partial charge in [0.25, 0.3) is 5.56 Å². The lowest BCUT2D eigenvalue weighted by Gasteiger charge is -2.38. The van der Waals surface area contributed by atoms with Crippen LogP contribution in [-0.2, 0) is 4.79 Å². The molecule has 2 aliphatic heterocycles. The molecule has 2 aliphatic rings. The Morgan fingerprint density at radius 2 is 1.89 bits per heavy atom. The molecule has 2 saturated heterocycles. The number of piperazine rings is 1. The number of anilines is 1. The molecular weight excluding hydrogens is 346 g/mol. The number of aromatic nitrogens is 4. The molecule has 0 aromatic carbocycles. The van der Waals surface area contributed by atoms with E-state index in [1.165, 1.54) is 12.6 Å². The van der Waals surface area contributed by atoms with E-state index in [4.69, 9.17) is 0 Å². The molecule has 2 atom stereocenters. The Kier molecular flexibility index (Phi) is 4.86. The zero-order valence-electron chi connectivity index (χ0n) is 15.9.